The number of aliphatic hydroxyl groups excluding tert-OH is 1. The van der Waals surface area contributed by atoms with Gasteiger partial charge in [0.25, 0.3) is 0 Å². The number of halogens is 2. The normalized spacial score (nSPS) is 28.9. The first-order chi connectivity index (χ1) is 8.48. The first-order valence-electron chi connectivity index (χ1n) is 6.03. The van der Waals surface area contributed by atoms with Gasteiger partial charge < -0.3 is 5.11 Å². The van der Waals surface area contributed by atoms with Crippen LogP contribution in [-0.2, 0) is 0 Å². The molecule has 1 saturated carbocycles. The first-order valence-corrected chi connectivity index (χ1v) is 6.40. The van der Waals surface area contributed by atoms with E-state index < -0.39 is 17.3 Å². The van der Waals surface area contributed by atoms with Crippen molar-refractivity contribution < 1.29 is 9.50 Å². The molecule has 0 aromatic heterocycles. The van der Waals surface area contributed by atoms with Crippen molar-refractivity contribution in [3.8, 4) is 6.07 Å². The lowest BCUT2D eigenvalue weighted by atomic mass is 9.78. The van der Waals surface area contributed by atoms with E-state index >= 15 is 0 Å². The Morgan fingerprint density at radius 1 is 1.61 bits per heavy atom. The summed E-state index contributed by atoms with van der Waals surface area (Å²) in [5.41, 5.74) is -0.252. The predicted molar refractivity (Wildman–Crippen MR) is 67.4 cm³/mol. The number of benzene rings is 1. The molecule has 0 aliphatic heterocycles. The van der Waals surface area contributed by atoms with E-state index in [9.17, 15) is 14.8 Å². The average Bonchev–Trinajstić information content (AvgIpc) is 2.75. The lowest BCUT2D eigenvalue weighted by Crippen LogP contribution is -2.24. The third-order valence-electron chi connectivity index (χ3n) is 3.80. The van der Waals surface area contributed by atoms with Crippen LogP contribution in [0.2, 0.25) is 5.02 Å². The minimum Gasteiger partial charge on any atom is -0.387 e. The maximum absolute atomic E-state index is 13.1. The molecular weight excluding hydrogens is 253 g/mol. The minimum absolute atomic E-state index is 0.0225. The van der Waals surface area contributed by atoms with E-state index in [2.05, 4.69) is 13.0 Å². The van der Waals surface area contributed by atoms with E-state index in [0.717, 1.165) is 6.42 Å². The van der Waals surface area contributed by atoms with E-state index in [0.29, 0.717) is 24.3 Å². The number of hydrogen-bond donors (Lipinski definition) is 1. The van der Waals surface area contributed by atoms with Gasteiger partial charge >= 0.3 is 0 Å². The Kier molecular flexibility index (Phi) is 3.61. The van der Waals surface area contributed by atoms with Crippen LogP contribution in [0.15, 0.2) is 18.2 Å². The summed E-state index contributed by atoms with van der Waals surface area (Å²) in [6.45, 7) is 2.07. The van der Waals surface area contributed by atoms with Crippen LogP contribution in [0.4, 0.5) is 4.39 Å². The molecule has 18 heavy (non-hydrogen) atoms. The highest BCUT2D eigenvalue weighted by atomic mass is 35.5. The molecule has 3 unspecified atom stereocenters. The predicted octanol–water partition coefficient (Wildman–Crippen LogP) is 3.84. The Bertz CT molecular complexity index is 499. The van der Waals surface area contributed by atoms with Crippen molar-refractivity contribution in [1.82, 2.24) is 0 Å². The molecule has 1 aliphatic rings. The second kappa shape index (κ2) is 4.87. The van der Waals surface area contributed by atoms with Crippen molar-refractivity contribution in [2.45, 2.75) is 32.3 Å². The zero-order chi connectivity index (χ0) is 13.3. The third-order valence-corrected chi connectivity index (χ3v) is 4.09. The van der Waals surface area contributed by atoms with Gasteiger partial charge in [0.1, 0.15) is 5.82 Å². The molecular formula is C14H15ClFNO. The molecule has 2 rings (SSSR count). The maximum Gasteiger partial charge on any atom is 0.141 e. The molecule has 2 nitrogen and oxygen atoms in total. The van der Waals surface area contributed by atoms with Crippen LogP contribution in [0.3, 0.4) is 0 Å². The van der Waals surface area contributed by atoms with Crippen molar-refractivity contribution in [3.05, 3.63) is 34.6 Å². The molecule has 1 aromatic rings. The number of nitriles is 1. The fourth-order valence-corrected chi connectivity index (χ4v) is 2.93. The Labute approximate surface area is 111 Å². The van der Waals surface area contributed by atoms with Gasteiger partial charge in [-0.3, -0.25) is 0 Å². The monoisotopic (exact) mass is 267 g/mol. The molecule has 0 radical (unpaired) electrons. The van der Waals surface area contributed by atoms with Gasteiger partial charge in [-0.05, 0) is 42.9 Å². The van der Waals surface area contributed by atoms with E-state index in [1.165, 1.54) is 18.2 Å². The topological polar surface area (TPSA) is 44.0 Å². The zero-order valence-electron chi connectivity index (χ0n) is 10.2. The van der Waals surface area contributed by atoms with E-state index in [-0.39, 0.29) is 5.02 Å². The number of aliphatic hydroxyl groups is 1. The number of hydrogen-bond acceptors (Lipinski definition) is 2. The van der Waals surface area contributed by atoms with Crippen molar-refractivity contribution in [1.29, 1.82) is 5.26 Å². The van der Waals surface area contributed by atoms with Crippen LogP contribution in [0.25, 0.3) is 0 Å². The van der Waals surface area contributed by atoms with E-state index in [1.807, 2.05) is 0 Å². The van der Waals surface area contributed by atoms with Crippen molar-refractivity contribution >= 4 is 11.6 Å². The molecule has 0 amide bonds. The molecule has 1 aromatic carbocycles. The molecule has 3 atom stereocenters. The summed E-state index contributed by atoms with van der Waals surface area (Å²) in [5, 5.41) is 19.8. The summed E-state index contributed by atoms with van der Waals surface area (Å²) in [5.74, 6) is -0.0892. The van der Waals surface area contributed by atoms with Gasteiger partial charge in [-0.2, -0.15) is 5.26 Å². The molecule has 0 bridgehead atoms. The van der Waals surface area contributed by atoms with E-state index in [1.54, 1.807) is 0 Å². The van der Waals surface area contributed by atoms with Gasteiger partial charge in [-0.1, -0.05) is 24.6 Å². The highest BCUT2D eigenvalue weighted by Crippen LogP contribution is 2.49. The molecule has 1 aliphatic carbocycles. The van der Waals surface area contributed by atoms with Crippen LogP contribution in [0, 0.1) is 28.5 Å². The summed E-state index contributed by atoms with van der Waals surface area (Å²) < 4.78 is 13.1. The molecule has 0 spiro atoms. The second-order valence-electron chi connectivity index (χ2n) is 5.19. The van der Waals surface area contributed by atoms with Gasteiger partial charge in [-0.15, -0.1) is 0 Å². The molecule has 96 valence electrons. The van der Waals surface area contributed by atoms with Gasteiger partial charge in [0.15, 0.2) is 0 Å². The molecule has 4 heteroatoms. The highest BCUT2D eigenvalue weighted by molar-refractivity contribution is 6.30. The van der Waals surface area contributed by atoms with Crippen molar-refractivity contribution in [2.75, 3.05) is 0 Å². The fraction of sp³-hybridized carbons (Fsp3) is 0.500. The smallest absolute Gasteiger partial charge is 0.141 e. The first kappa shape index (κ1) is 13.3. The highest BCUT2D eigenvalue weighted by Gasteiger charge is 2.44. The zero-order valence-corrected chi connectivity index (χ0v) is 10.9. The van der Waals surface area contributed by atoms with Crippen molar-refractivity contribution in [3.63, 3.8) is 0 Å². The minimum atomic E-state index is -0.912. The summed E-state index contributed by atoms with van der Waals surface area (Å²) in [4.78, 5) is 0. The maximum atomic E-state index is 13.1. The Hall–Kier alpha value is -1.11. The Balaban J connectivity index is 2.32. The summed E-state index contributed by atoms with van der Waals surface area (Å²) >= 11 is 5.71. The average molecular weight is 268 g/mol. The largest absolute Gasteiger partial charge is 0.387 e. The Morgan fingerprint density at radius 2 is 2.33 bits per heavy atom. The Morgan fingerprint density at radius 3 is 2.83 bits per heavy atom. The van der Waals surface area contributed by atoms with Crippen LogP contribution < -0.4 is 0 Å². The number of nitrogens with zero attached hydrogens (tertiary/aromatic N) is 1. The molecule has 1 N–H and O–H groups in total. The second-order valence-corrected chi connectivity index (χ2v) is 5.60. The van der Waals surface area contributed by atoms with Gasteiger partial charge in [-0.25, -0.2) is 4.39 Å². The van der Waals surface area contributed by atoms with E-state index in [4.69, 9.17) is 11.6 Å². The quantitative estimate of drug-likeness (QED) is 0.885. The lowest BCUT2D eigenvalue weighted by Gasteiger charge is -2.27. The summed E-state index contributed by atoms with van der Waals surface area (Å²) in [6.07, 6.45) is 1.35. The fourth-order valence-electron chi connectivity index (χ4n) is 2.74. The van der Waals surface area contributed by atoms with Crippen LogP contribution in [-0.4, -0.2) is 5.11 Å². The van der Waals surface area contributed by atoms with Crippen LogP contribution in [0.1, 0.15) is 37.9 Å². The summed E-state index contributed by atoms with van der Waals surface area (Å²) in [6, 6.07) is 6.38. The van der Waals surface area contributed by atoms with Gasteiger partial charge in [0.2, 0.25) is 0 Å². The van der Waals surface area contributed by atoms with Gasteiger partial charge in [0.05, 0.1) is 22.6 Å². The molecule has 0 heterocycles. The van der Waals surface area contributed by atoms with Crippen LogP contribution in [0.5, 0.6) is 0 Å². The SMILES string of the molecule is CC1CCC(C#N)(C(O)c2ccc(F)c(Cl)c2)C1. The van der Waals surface area contributed by atoms with Crippen molar-refractivity contribution in [2.24, 2.45) is 11.3 Å². The van der Waals surface area contributed by atoms with Gasteiger partial charge in [0, 0.05) is 0 Å². The third kappa shape index (κ3) is 2.23. The standard InChI is InChI=1S/C14H15ClFNO/c1-9-4-5-14(7-9,8-17)13(18)10-2-3-12(16)11(15)6-10/h2-3,6,9,13,18H,4-5,7H2,1H3. The van der Waals surface area contributed by atoms with Crippen LogP contribution >= 0.6 is 11.6 Å². The lowest BCUT2D eigenvalue weighted by molar-refractivity contribution is 0.0647. The molecule has 0 saturated heterocycles. The summed E-state index contributed by atoms with van der Waals surface area (Å²) in [7, 11) is 0. The number of rotatable bonds is 2. The molecule has 1 fully saturated rings.